The molecule has 0 aliphatic rings. The minimum absolute atomic E-state index is 0.0182. The van der Waals surface area contributed by atoms with Gasteiger partial charge in [-0.25, -0.2) is 9.37 Å². The predicted molar refractivity (Wildman–Crippen MR) is 75.8 cm³/mol. The summed E-state index contributed by atoms with van der Waals surface area (Å²) >= 11 is 3.05. The Morgan fingerprint density at radius 2 is 2.05 bits per heavy atom. The van der Waals surface area contributed by atoms with Crippen molar-refractivity contribution in [2.45, 2.75) is 13.8 Å². The third-order valence-electron chi connectivity index (χ3n) is 2.54. The first-order chi connectivity index (χ1) is 8.97. The number of carbonyl (C=O) groups is 1. The molecule has 0 aliphatic heterocycles. The lowest BCUT2D eigenvalue weighted by atomic mass is 10.2. The van der Waals surface area contributed by atoms with Crippen molar-refractivity contribution in [3.63, 3.8) is 0 Å². The van der Waals surface area contributed by atoms with Crippen LogP contribution in [0.1, 0.15) is 21.6 Å². The first-order valence-electron chi connectivity index (χ1n) is 5.68. The molecule has 0 aliphatic carbocycles. The topological polar surface area (TPSA) is 42.0 Å². The summed E-state index contributed by atoms with van der Waals surface area (Å²) in [6, 6.07) is 8.21. The molecule has 0 atom stereocenters. The molecule has 3 nitrogen and oxygen atoms in total. The average Bonchev–Trinajstić information content (AvgIpc) is 2.31. The van der Waals surface area contributed by atoms with E-state index in [-0.39, 0.29) is 10.0 Å². The standard InChI is InChI=1S/C14H12BrFN2O/c1-8-6-9(2)17-12(7-8)18-14(19)10-4-3-5-11(15)13(10)16/h3-7H,1-2H3,(H,17,18,19). The number of nitrogens with one attached hydrogen (secondary N) is 1. The summed E-state index contributed by atoms with van der Waals surface area (Å²) in [5.74, 6) is -0.678. The lowest BCUT2D eigenvalue weighted by Gasteiger charge is -2.08. The number of rotatable bonds is 2. The minimum atomic E-state index is -0.579. The Balaban J connectivity index is 2.28. The molecule has 0 fully saturated rings. The van der Waals surface area contributed by atoms with E-state index in [9.17, 15) is 9.18 Å². The maximum absolute atomic E-state index is 13.8. The molecule has 1 amide bonds. The number of amides is 1. The zero-order valence-corrected chi connectivity index (χ0v) is 12.1. The minimum Gasteiger partial charge on any atom is -0.306 e. The van der Waals surface area contributed by atoms with E-state index in [0.29, 0.717) is 5.82 Å². The Morgan fingerprint density at radius 3 is 2.74 bits per heavy atom. The van der Waals surface area contributed by atoms with Crippen LogP contribution in [0.3, 0.4) is 0 Å². The van der Waals surface area contributed by atoms with Gasteiger partial charge in [-0.1, -0.05) is 6.07 Å². The lowest BCUT2D eigenvalue weighted by Crippen LogP contribution is -2.15. The van der Waals surface area contributed by atoms with Gasteiger partial charge in [0.15, 0.2) is 0 Å². The quantitative estimate of drug-likeness (QED) is 0.912. The number of benzene rings is 1. The SMILES string of the molecule is Cc1cc(C)nc(NC(=O)c2cccc(Br)c2F)c1. The molecule has 98 valence electrons. The molecular weight excluding hydrogens is 311 g/mol. The van der Waals surface area contributed by atoms with E-state index in [4.69, 9.17) is 0 Å². The van der Waals surface area contributed by atoms with Crippen molar-refractivity contribution in [3.8, 4) is 0 Å². The number of nitrogens with zero attached hydrogens (tertiary/aromatic N) is 1. The van der Waals surface area contributed by atoms with Gasteiger partial charge in [-0.2, -0.15) is 0 Å². The second-order valence-corrected chi connectivity index (χ2v) is 5.08. The highest BCUT2D eigenvalue weighted by molar-refractivity contribution is 9.10. The summed E-state index contributed by atoms with van der Waals surface area (Å²) in [6.07, 6.45) is 0. The van der Waals surface area contributed by atoms with Crippen molar-refractivity contribution in [1.82, 2.24) is 4.98 Å². The van der Waals surface area contributed by atoms with Crippen LogP contribution in [0.2, 0.25) is 0 Å². The number of halogens is 2. The fraction of sp³-hybridized carbons (Fsp3) is 0.143. The molecule has 0 bridgehead atoms. The Hall–Kier alpha value is -1.75. The smallest absolute Gasteiger partial charge is 0.259 e. The number of aryl methyl sites for hydroxylation is 2. The van der Waals surface area contributed by atoms with Crippen molar-refractivity contribution >= 4 is 27.7 Å². The van der Waals surface area contributed by atoms with Crippen LogP contribution in [-0.2, 0) is 0 Å². The van der Waals surface area contributed by atoms with Crippen LogP contribution in [-0.4, -0.2) is 10.9 Å². The zero-order chi connectivity index (χ0) is 14.0. The molecule has 1 N–H and O–H groups in total. The van der Waals surface area contributed by atoms with Crippen molar-refractivity contribution in [3.05, 3.63) is 57.4 Å². The van der Waals surface area contributed by atoms with Crippen molar-refractivity contribution in [1.29, 1.82) is 0 Å². The van der Waals surface area contributed by atoms with Crippen LogP contribution in [0.4, 0.5) is 10.2 Å². The van der Waals surface area contributed by atoms with E-state index in [1.165, 1.54) is 6.07 Å². The predicted octanol–water partition coefficient (Wildman–Crippen LogP) is 3.85. The van der Waals surface area contributed by atoms with Gasteiger partial charge in [-0.05, 0) is 59.6 Å². The van der Waals surface area contributed by atoms with Gasteiger partial charge >= 0.3 is 0 Å². The number of pyridine rings is 1. The van der Waals surface area contributed by atoms with Crippen LogP contribution < -0.4 is 5.32 Å². The molecule has 0 saturated carbocycles. The number of hydrogen-bond donors (Lipinski definition) is 1. The average molecular weight is 323 g/mol. The van der Waals surface area contributed by atoms with Gasteiger partial charge in [0.25, 0.3) is 5.91 Å². The van der Waals surface area contributed by atoms with Crippen LogP contribution in [0, 0.1) is 19.7 Å². The van der Waals surface area contributed by atoms with E-state index in [1.54, 1.807) is 18.2 Å². The lowest BCUT2D eigenvalue weighted by molar-refractivity contribution is 0.102. The van der Waals surface area contributed by atoms with E-state index < -0.39 is 11.7 Å². The fourth-order valence-electron chi connectivity index (χ4n) is 1.77. The number of carbonyl (C=O) groups excluding carboxylic acids is 1. The Bertz CT molecular complexity index is 623. The largest absolute Gasteiger partial charge is 0.306 e. The second-order valence-electron chi connectivity index (χ2n) is 4.23. The molecule has 19 heavy (non-hydrogen) atoms. The second kappa shape index (κ2) is 5.48. The highest BCUT2D eigenvalue weighted by Gasteiger charge is 2.14. The number of anilines is 1. The summed E-state index contributed by atoms with van der Waals surface area (Å²) < 4.78 is 14.0. The van der Waals surface area contributed by atoms with Gasteiger partial charge in [0.05, 0.1) is 10.0 Å². The Morgan fingerprint density at radius 1 is 1.32 bits per heavy atom. The Kier molecular flexibility index (Phi) is 3.95. The molecule has 0 saturated heterocycles. The molecule has 1 heterocycles. The van der Waals surface area contributed by atoms with E-state index >= 15 is 0 Å². The monoisotopic (exact) mass is 322 g/mol. The van der Waals surface area contributed by atoms with E-state index in [2.05, 4.69) is 26.2 Å². The third-order valence-corrected chi connectivity index (χ3v) is 3.15. The molecule has 0 spiro atoms. The molecule has 0 radical (unpaired) electrons. The highest BCUT2D eigenvalue weighted by Crippen LogP contribution is 2.19. The first kappa shape index (κ1) is 13.7. The molecular formula is C14H12BrFN2O. The third kappa shape index (κ3) is 3.17. The van der Waals surface area contributed by atoms with Crippen molar-refractivity contribution in [2.24, 2.45) is 0 Å². The van der Waals surface area contributed by atoms with Gasteiger partial charge in [-0.15, -0.1) is 0 Å². The summed E-state index contributed by atoms with van der Waals surface area (Å²) in [5.41, 5.74) is 1.76. The van der Waals surface area contributed by atoms with Crippen LogP contribution >= 0.6 is 15.9 Å². The highest BCUT2D eigenvalue weighted by atomic mass is 79.9. The van der Waals surface area contributed by atoms with Crippen LogP contribution in [0.15, 0.2) is 34.8 Å². The maximum Gasteiger partial charge on any atom is 0.259 e. The summed E-state index contributed by atoms with van der Waals surface area (Å²) in [4.78, 5) is 16.2. The molecule has 1 aromatic carbocycles. The Labute approximate surface area is 119 Å². The molecule has 5 heteroatoms. The van der Waals surface area contributed by atoms with Gasteiger partial charge < -0.3 is 5.32 Å². The summed E-state index contributed by atoms with van der Waals surface area (Å²) in [7, 11) is 0. The molecule has 2 rings (SSSR count). The van der Waals surface area contributed by atoms with Gasteiger partial charge in [0.2, 0.25) is 0 Å². The normalized spacial score (nSPS) is 10.3. The zero-order valence-electron chi connectivity index (χ0n) is 10.5. The van der Waals surface area contributed by atoms with E-state index in [0.717, 1.165) is 11.3 Å². The van der Waals surface area contributed by atoms with Crippen molar-refractivity contribution in [2.75, 3.05) is 5.32 Å². The van der Waals surface area contributed by atoms with Crippen molar-refractivity contribution < 1.29 is 9.18 Å². The summed E-state index contributed by atoms with van der Waals surface area (Å²) in [5, 5.41) is 2.60. The number of hydrogen-bond acceptors (Lipinski definition) is 2. The number of aromatic nitrogens is 1. The van der Waals surface area contributed by atoms with Gasteiger partial charge in [0.1, 0.15) is 11.6 Å². The van der Waals surface area contributed by atoms with E-state index in [1.807, 2.05) is 19.9 Å². The maximum atomic E-state index is 13.8. The van der Waals surface area contributed by atoms with Gasteiger partial charge in [-0.3, -0.25) is 4.79 Å². The fourth-order valence-corrected chi connectivity index (χ4v) is 2.13. The molecule has 0 unspecified atom stereocenters. The summed E-state index contributed by atoms with van der Waals surface area (Å²) in [6.45, 7) is 3.74. The van der Waals surface area contributed by atoms with Gasteiger partial charge in [0, 0.05) is 5.69 Å². The molecule has 2 aromatic rings. The first-order valence-corrected chi connectivity index (χ1v) is 6.47. The molecule has 1 aromatic heterocycles. The van der Waals surface area contributed by atoms with Crippen LogP contribution in [0.25, 0.3) is 0 Å². The van der Waals surface area contributed by atoms with Crippen LogP contribution in [0.5, 0.6) is 0 Å².